The SMILES string of the molecule is Cc1cc([N+](=O)[O-])ccc1NC(=O)COC(=O)Cn1nc(-c2ccccc2)oc1=O. The van der Waals surface area contributed by atoms with E-state index < -0.39 is 35.7 Å². The van der Waals surface area contributed by atoms with Gasteiger partial charge in [0.25, 0.3) is 11.6 Å². The molecule has 0 saturated heterocycles. The maximum atomic E-state index is 12.0. The molecule has 0 aliphatic heterocycles. The molecule has 0 fully saturated rings. The van der Waals surface area contributed by atoms with E-state index >= 15 is 0 Å². The fraction of sp³-hybridized carbons (Fsp3) is 0.158. The molecule has 1 aromatic heterocycles. The van der Waals surface area contributed by atoms with E-state index in [9.17, 15) is 24.5 Å². The van der Waals surface area contributed by atoms with E-state index in [2.05, 4.69) is 10.4 Å². The Kier molecular flexibility index (Phi) is 6.01. The number of aromatic nitrogens is 2. The average molecular weight is 412 g/mol. The van der Waals surface area contributed by atoms with Crippen LogP contribution in [-0.2, 0) is 20.9 Å². The highest BCUT2D eigenvalue weighted by atomic mass is 16.6. The van der Waals surface area contributed by atoms with Crippen LogP contribution in [0.4, 0.5) is 11.4 Å². The van der Waals surface area contributed by atoms with Crippen LogP contribution >= 0.6 is 0 Å². The van der Waals surface area contributed by atoms with Gasteiger partial charge in [0.05, 0.1) is 4.92 Å². The van der Waals surface area contributed by atoms with Crippen molar-refractivity contribution in [2.75, 3.05) is 11.9 Å². The minimum Gasteiger partial charge on any atom is -0.454 e. The van der Waals surface area contributed by atoms with Gasteiger partial charge in [-0.25, -0.2) is 4.79 Å². The predicted octanol–water partition coefficient (Wildman–Crippen LogP) is 1.90. The van der Waals surface area contributed by atoms with Gasteiger partial charge in [-0.05, 0) is 30.7 Å². The molecule has 11 heteroatoms. The fourth-order valence-corrected chi connectivity index (χ4v) is 2.51. The van der Waals surface area contributed by atoms with Crippen LogP contribution in [0, 0.1) is 17.0 Å². The predicted molar refractivity (Wildman–Crippen MR) is 104 cm³/mol. The highest BCUT2D eigenvalue weighted by Crippen LogP contribution is 2.21. The summed E-state index contributed by atoms with van der Waals surface area (Å²) in [7, 11) is 0. The quantitative estimate of drug-likeness (QED) is 0.352. The number of hydrogen-bond donors (Lipinski definition) is 1. The van der Waals surface area contributed by atoms with Crippen LogP contribution in [0.1, 0.15) is 5.56 Å². The van der Waals surface area contributed by atoms with Gasteiger partial charge in [-0.15, -0.1) is 5.10 Å². The summed E-state index contributed by atoms with van der Waals surface area (Å²) in [5.41, 5.74) is 1.29. The highest BCUT2D eigenvalue weighted by Gasteiger charge is 2.16. The molecule has 0 atom stereocenters. The molecular formula is C19H16N4O7. The molecular weight excluding hydrogens is 396 g/mol. The monoisotopic (exact) mass is 412 g/mol. The Hall–Kier alpha value is -4.28. The van der Waals surface area contributed by atoms with Crippen molar-refractivity contribution in [3.63, 3.8) is 0 Å². The molecule has 0 radical (unpaired) electrons. The molecule has 30 heavy (non-hydrogen) atoms. The molecule has 3 rings (SSSR count). The van der Waals surface area contributed by atoms with Gasteiger partial charge >= 0.3 is 11.7 Å². The molecule has 1 N–H and O–H groups in total. The van der Waals surface area contributed by atoms with Crippen molar-refractivity contribution in [2.45, 2.75) is 13.5 Å². The van der Waals surface area contributed by atoms with E-state index in [1.165, 1.54) is 18.2 Å². The number of non-ortho nitro benzene ring substituents is 1. The number of nitro benzene ring substituents is 1. The summed E-state index contributed by atoms with van der Waals surface area (Å²) in [5.74, 6) is -2.28. The molecule has 11 nitrogen and oxygen atoms in total. The van der Waals surface area contributed by atoms with Crippen LogP contribution in [0.3, 0.4) is 0 Å². The van der Waals surface area contributed by atoms with Crippen LogP contribution in [0.2, 0.25) is 0 Å². The Bertz CT molecular complexity index is 1150. The summed E-state index contributed by atoms with van der Waals surface area (Å²) < 4.78 is 10.7. The number of anilines is 1. The van der Waals surface area contributed by atoms with Crippen molar-refractivity contribution >= 4 is 23.3 Å². The molecule has 1 amide bonds. The second kappa shape index (κ2) is 8.82. The summed E-state index contributed by atoms with van der Waals surface area (Å²) in [6.07, 6.45) is 0. The van der Waals surface area contributed by atoms with Crippen LogP contribution in [-0.4, -0.2) is 33.2 Å². The Balaban J connectivity index is 1.55. The molecule has 154 valence electrons. The van der Waals surface area contributed by atoms with E-state index in [1.54, 1.807) is 37.3 Å². The van der Waals surface area contributed by atoms with Gasteiger partial charge in [0, 0.05) is 23.4 Å². The van der Waals surface area contributed by atoms with Gasteiger partial charge in [0.2, 0.25) is 5.89 Å². The number of hydrogen-bond acceptors (Lipinski definition) is 8. The van der Waals surface area contributed by atoms with E-state index in [0.29, 0.717) is 16.8 Å². The van der Waals surface area contributed by atoms with Crippen molar-refractivity contribution in [2.24, 2.45) is 0 Å². The first-order valence-corrected chi connectivity index (χ1v) is 8.67. The van der Waals surface area contributed by atoms with Crippen LogP contribution < -0.4 is 11.1 Å². The Morgan fingerprint density at radius 3 is 2.63 bits per heavy atom. The number of nitrogens with one attached hydrogen (secondary N) is 1. The average Bonchev–Trinajstić information content (AvgIpc) is 3.09. The molecule has 0 spiro atoms. The van der Waals surface area contributed by atoms with Gasteiger partial charge in [0.1, 0.15) is 6.54 Å². The maximum absolute atomic E-state index is 12.0. The number of ether oxygens (including phenoxy) is 1. The zero-order valence-electron chi connectivity index (χ0n) is 15.7. The number of esters is 1. The van der Waals surface area contributed by atoms with E-state index in [1.807, 2.05) is 0 Å². The van der Waals surface area contributed by atoms with Gasteiger partial charge in [0.15, 0.2) is 6.61 Å². The third kappa shape index (κ3) is 4.95. The zero-order valence-corrected chi connectivity index (χ0v) is 15.7. The summed E-state index contributed by atoms with van der Waals surface area (Å²) in [4.78, 5) is 45.9. The molecule has 0 saturated carbocycles. The van der Waals surface area contributed by atoms with Gasteiger partial charge in [-0.3, -0.25) is 19.7 Å². The van der Waals surface area contributed by atoms with Gasteiger partial charge < -0.3 is 14.5 Å². The van der Waals surface area contributed by atoms with E-state index in [0.717, 1.165) is 4.68 Å². The first-order valence-electron chi connectivity index (χ1n) is 8.67. The Morgan fingerprint density at radius 2 is 1.97 bits per heavy atom. The van der Waals surface area contributed by atoms with Crippen molar-refractivity contribution in [1.82, 2.24) is 9.78 Å². The molecule has 1 heterocycles. The third-order valence-corrected chi connectivity index (χ3v) is 3.97. The van der Waals surface area contributed by atoms with Gasteiger partial charge in [-0.1, -0.05) is 18.2 Å². The maximum Gasteiger partial charge on any atom is 0.437 e. The topological polar surface area (TPSA) is 147 Å². The Labute approximate surface area is 169 Å². The number of carbonyl (C=O) groups is 2. The van der Waals surface area contributed by atoms with Crippen LogP contribution in [0.5, 0.6) is 0 Å². The number of carbonyl (C=O) groups excluding carboxylic acids is 2. The fourth-order valence-electron chi connectivity index (χ4n) is 2.51. The lowest BCUT2D eigenvalue weighted by Gasteiger charge is -2.08. The summed E-state index contributed by atoms with van der Waals surface area (Å²) >= 11 is 0. The lowest BCUT2D eigenvalue weighted by atomic mass is 10.2. The molecule has 3 aromatic rings. The molecule has 0 bridgehead atoms. The summed E-state index contributed by atoms with van der Waals surface area (Å²) in [6, 6.07) is 12.6. The molecule has 0 unspecified atom stereocenters. The lowest BCUT2D eigenvalue weighted by molar-refractivity contribution is -0.384. The number of benzene rings is 2. The van der Waals surface area contributed by atoms with Crippen molar-refractivity contribution < 1.29 is 23.7 Å². The number of aryl methyl sites for hydroxylation is 1. The van der Waals surface area contributed by atoms with E-state index in [-0.39, 0.29) is 11.6 Å². The zero-order chi connectivity index (χ0) is 21.7. The first kappa shape index (κ1) is 20.5. The number of rotatable bonds is 7. The normalized spacial score (nSPS) is 10.4. The summed E-state index contributed by atoms with van der Waals surface area (Å²) in [5, 5.41) is 17.2. The van der Waals surface area contributed by atoms with E-state index in [4.69, 9.17) is 9.15 Å². The second-order valence-electron chi connectivity index (χ2n) is 6.16. The minimum absolute atomic E-state index is 0.0554. The van der Waals surface area contributed by atoms with Crippen molar-refractivity contribution in [1.29, 1.82) is 0 Å². The van der Waals surface area contributed by atoms with Crippen molar-refractivity contribution in [3.8, 4) is 11.5 Å². The lowest BCUT2D eigenvalue weighted by Crippen LogP contribution is -2.26. The summed E-state index contributed by atoms with van der Waals surface area (Å²) in [6.45, 7) is 0.461. The standard InChI is InChI=1S/C19H16N4O7/c1-12-9-14(23(27)28)7-8-15(12)20-16(24)11-29-17(25)10-22-19(26)30-18(21-22)13-5-3-2-4-6-13/h2-9H,10-11H2,1H3,(H,20,24). The third-order valence-electron chi connectivity index (χ3n) is 3.97. The number of nitrogens with zero attached hydrogens (tertiary/aromatic N) is 3. The second-order valence-corrected chi connectivity index (χ2v) is 6.16. The van der Waals surface area contributed by atoms with Crippen molar-refractivity contribution in [3.05, 3.63) is 74.8 Å². The van der Waals surface area contributed by atoms with Crippen LogP contribution in [0.25, 0.3) is 11.5 Å². The van der Waals surface area contributed by atoms with Gasteiger partial charge in [-0.2, -0.15) is 4.68 Å². The smallest absolute Gasteiger partial charge is 0.437 e. The molecule has 0 aliphatic carbocycles. The number of amides is 1. The largest absolute Gasteiger partial charge is 0.454 e. The first-order chi connectivity index (χ1) is 14.3. The minimum atomic E-state index is -0.861. The van der Waals surface area contributed by atoms with Crippen LogP contribution in [0.15, 0.2) is 57.7 Å². The Morgan fingerprint density at radius 1 is 1.23 bits per heavy atom. The number of nitro groups is 1. The molecule has 2 aromatic carbocycles. The molecule has 0 aliphatic rings. The highest BCUT2D eigenvalue weighted by molar-refractivity contribution is 5.93.